The van der Waals surface area contributed by atoms with E-state index in [9.17, 15) is 0 Å². The summed E-state index contributed by atoms with van der Waals surface area (Å²) in [7, 11) is -0.0815. The van der Waals surface area contributed by atoms with Gasteiger partial charge in [-0.15, -0.1) is 0 Å². The van der Waals surface area contributed by atoms with E-state index in [-0.39, 0.29) is 18.3 Å². The lowest BCUT2D eigenvalue weighted by atomic mass is 9.80. The first-order valence-corrected chi connectivity index (χ1v) is 6.67. The Hall–Kier alpha value is -0.865. The zero-order valence-corrected chi connectivity index (χ0v) is 11.5. The summed E-state index contributed by atoms with van der Waals surface area (Å²) in [6, 6.07) is 6.09. The number of nitrogens with zero attached hydrogens (tertiary/aromatic N) is 1. The molecule has 1 saturated carbocycles. The Kier molecular flexibility index (Phi) is 2.58. The molecular formula is C14H20BNO2. The van der Waals surface area contributed by atoms with Crippen LogP contribution >= 0.6 is 0 Å². The van der Waals surface area contributed by atoms with Gasteiger partial charge in [0, 0.05) is 23.6 Å². The SMILES string of the molecule is CC1(C)OB([C@H]2C[C@H]2c2ccccn2)OC1(C)C. The monoisotopic (exact) mass is 245 g/mol. The molecule has 18 heavy (non-hydrogen) atoms. The second-order valence-electron chi connectivity index (χ2n) is 6.39. The minimum atomic E-state index is -0.227. The summed E-state index contributed by atoms with van der Waals surface area (Å²) in [5.41, 5.74) is 0.710. The molecule has 0 unspecified atom stereocenters. The first kappa shape index (κ1) is 12.2. The zero-order chi connectivity index (χ0) is 13.0. The van der Waals surface area contributed by atoms with Crippen LogP contribution in [0.4, 0.5) is 0 Å². The quantitative estimate of drug-likeness (QED) is 0.750. The van der Waals surface area contributed by atoms with Crippen LogP contribution in [0.3, 0.4) is 0 Å². The fourth-order valence-electron chi connectivity index (χ4n) is 2.51. The van der Waals surface area contributed by atoms with Gasteiger partial charge >= 0.3 is 7.12 Å². The first-order chi connectivity index (χ1) is 8.41. The van der Waals surface area contributed by atoms with Gasteiger partial charge in [0.2, 0.25) is 0 Å². The molecule has 3 rings (SSSR count). The molecule has 1 aliphatic heterocycles. The summed E-state index contributed by atoms with van der Waals surface area (Å²) in [5, 5.41) is 0. The Labute approximate surface area is 109 Å². The van der Waals surface area contributed by atoms with Crippen LogP contribution in [0.25, 0.3) is 0 Å². The highest BCUT2D eigenvalue weighted by Crippen LogP contribution is 2.57. The van der Waals surface area contributed by atoms with Crippen molar-refractivity contribution in [2.45, 2.75) is 57.1 Å². The van der Waals surface area contributed by atoms with Gasteiger partial charge in [0.1, 0.15) is 0 Å². The van der Waals surface area contributed by atoms with Crippen molar-refractivity contribution in [3.8, 4) is 0 Å². The Balaban J connectivity index is 1.70. The van der Waals surface area contributed by atoms with E-state index in [0.29, 0.717) is 11.7 Å². The van der Waals surface area contributed by atoms with Crippen LogP contribution in [0.1, 0.15) is 45.7 Å². The summed E-state index contributed by atoms with van der Waals surface area (Å²) in [4.78, 5) is 4.42. The van der Waals surface area contributed by atoms with Crippen molar-refractivity contribution < 1.29 is 9.31 Å². The smallest absolute Gasteiger partial charge is 0.403 e. The number of rotatable bonds is 2. The Bertz CT molecular complexity index is 430. The van der Waals surface area contributed by atoms with E-state index in [1.807, 2.05) is 18.3 Å². The molecule has 2 fully saturated rings. The second kappa shape index (κ2) is 3.81. The van der Waals surface area contributed by atoms with Crippen LogP contribution in [0.2, 0.25) is 5.82 Å². The molecule has 1 saturated heterocycles. The molecule has 4 heteroatoms. The maximum Gasteiger partial charge on any atom is 0.461 e. The number of pyridine rings is 1. The van der Waals surface area contributed by atoms with Gasteiger partial charge < -0.3 is 9.31 Å². The maximum atomic E-state index is 6.09. The summed E-state index contributed by atoms with van der Waals surface area (Å²) < 4.78 is 12.2. The highest BCUT2D eigenvalue weighted by Gasteiger charge is 2.60. The fraction of sp³-hybridized carbons (Fsp3) is 0.643. The van der Waals surface area contributed by atoms with Crippen molar-refractivity contribution >= 4 is 7.12 Å². The lowest BCUT2D eigenvalue weighted by Crippen LogP contribution is -2.41. The van der Waals surface area contributed by atoms with Crippen molar-refractivity contribution in [3.05, 3.63) is 30.1 Å². The van der Waals surface area contributed by atoms with Gasteiger partial charge in [0.25, 0.3) is 0 Å². The van der Waals surface area contributed by atoms with E-state index in [1.54, 1.807) is 0 Å². The molecule has 0 N–H and O–H groups in total. The van der Waals surface area contributed by atoms with E-state index >= 15 is 0 Å². The highest BCUT2D eigenvalue weighted by atomic mass is 16.7. The van der Waals surface area contributed by atoms with Crippen LogP contribution in [-0.2, 0) is 9.31 Å². The third-order valence-corrected chi connectivity index (χ3v) is 4.53. The normalized spacial score (nSPS) is 32.6. The Morgan fingerprint density at radius 2 is 1.83 bits per heavy atom. The molecule has 2 aliphatic rings. The molecule has 2 atom stereocenters. The maximum absolute atomic E-state index is 6.09. The van der Waals surface area contributed by atoms with Gasteiger partial charge in [-0.1, -0.05) is 6.07 Å². The van der Waals surface area contributed by atoms with Gasteiger partial charge in [-0.25, -0.2) is 0 Å². The fourth-order valence-corrected chi connectivity index (χ4v) is 2.51. The molecule has 3 nitrogen and oxygen atoms in total. The summed E-state index contributed by atoms with van der Waals surface area (Å²) in [6.07, 6.45) is 2.97. The van der Waals surface area contributed by atoms with Gasteiger partial charge in [-0.2, -0.15) is 0 Å². The van der Waals surface area contributed by atoms with Crippen molar-refractivity contribution in [3.63, 3.8) is 0 Å². The summed E-state index contributed by atoms with van der Waals surface area (Å²) in [6.45, 7) is 8.41. The standard InChI is InChI=1S/C14H20BNO2/c1-13(2)14(3,4)18-15(17-13)11-9-10(11)12-7-5-6-8-16-12/h5-8,10-11H,9H2,1-4H3/t10-,11+/m1/s1. The second-order valence-corrected chi connectivity index (χ2v) is 6.39. The first-order valence-electron chi connectivity index (χ1n) is 6.67. The molecule has 0 spiro atoms. The van der Waals surface area contributed by atoms with Crippen molar-refractivity contribution in [1.82, 2.24) is 4.98 Å². The number of aromatic nitrogens is 1. The van der Waals surface area contributed by atoms with Gasteiger partial charge in [-0.3, -0.25) is 4.98 Å². The van der Waals surface area contributed by atoms with Crippen LogP contribution < -0.4 is 0 Å². The van der Waals surface area contributed by atoms with E-state index in [4.69, 9.17) is 9.31 Å². The molecule has 96 valence electrons. The topological polar surface area (TPSA) is 31.4 Å². The number of hydrogen-bond acceptors (Lipinski definition) is 3. The van der Waals surface area contributed by atoms with Crippen LogP contribution in [0.5, 0.6) is 0 Å². The molecule has 0 bridgehead atoms. The number of hydrogen-bond donors (Lipinski definition) is 0. The van der Waals surface area contributed by atoms with Gasteiger partial charge in [0.05, 0.1) is 11.2 Å². The van der Waals surface area contributed by atoms with Crippen LogP contribution in [0.15, 0.2) is 24.4 Å². The molecule has 1 aromatic rings. The summed E-state index contributed by atoms with van der Waals surface area (Å²) in [5.74, 6) is 0.960. The lowest BCUT2D eigenvalue weighted by molar-refractivity contribution is 0.00578. The largest absolute Gasteiger partial charge is 0.461 e. The minimum absolute atomic E-state index is 0.0815. The average Bonchev–Trinajstić information content (AvgIpc) is 3.04. The molecule has 1 aromatic heterocycles. The molecule has 0 radical (unpaired) electrons. The van der Waals surface area contributed by atoms with Gasteiger partial charge in [0.15, 0.2) is 0 Å². The van der Waals surface area contributed by atoms with Crippen LogP contribution in [-0.4, -0.2) is 23.3 Å². The summed E-state index contributed by atoms with van der Waals surface area (Å²) >= 11 is 0. The van der Waals surface area contributed by atoms with Crippen molar-refractivity contribution in [1.29, 1.82) is 0 Å². The predicted molar refractivity (Wildman–Crippen MR) is 71.4 cm³/mol. The van der Waals surface area contributed by atoms with E-state index in [1.165, 1.54) is 0 Å². The third kappa shape index (κ3) is 1.88. The Morgan fingerprint density at radius 3 is 2.39 bits per heavy atom. The van der Waals surface area contributed by atoms with Crippen molar-refractivity contribution in [2.24, 2.45) is 0 Å². The van der Waals surface area contributed by atoms with E-state index in [0.717, 1.165) is 12.1 Å². The van der Waals surface area contributed by atoms with Gasteiger partial charge in [-0.05, 0) is 46.2 Å². The zero-order valence-electron chi connectivity index (χ0n) is 11.5. The van der Waals surface area contributed by atoms with E-state index in [2.05, 4.69) is 38.7 Å². The van der Waals surface area contributed by atoms with Crippen molar-refractivity contribution in [2.75, 3.05) is 0 Å². The third-order valence-electron chi connectivity index (χ3n) is 4.53. The van der Waals surface area contributed by atoms with E-state index < -0.39 is 0 Å². The Morgan fingerprint density at radius 1 is 1.17 bits per heavy atom. The lowest BCUT2D eigenvalue weighted by Gasteiger charge is -2.32. The molecule has 1 aliphatic carbocycles. The molecule has 0 aromatic carbocycles. The minimum Gasteiger partial charge on any atom is -0.403 e. The highest BCUT2D eigenvalue weighted by molar-refractivity contribution is 6.49. The average molecular weight is 245 g/mol. The molecule has 0 amide bonds. The predicted octanol–water partition coefficient (Wildman–Crippen LogP) is 3.03. The molecule has 2 heterocycles. The van der Waals surface area contributed by atoms with Crippen LogP contribution in [0, 0.1) is 0 Å². The molecular weight excluding hydrogens is 225 g/mol.